The van der Waals surface area contributed by atoms with Crippen LogP contribution in [0.4, 0.5) is 51.2 Å². The first-order valence-electron chi connectivity index (χ1n) is 21.8. The second-order valence-electron chi connectivity index (χ2n) is 17.7. The molecule has 0 saturated heterocycles. The molecule has 11 aromatic rings. The molecule has 2 aromatic heterocycles. The van der Waals surface area contributed by atoms with Crippen molar-refractivity contribution in [2.45, 2.75) is 4.90 Å². The Kier molecular flexibility index (Phi) is 8.27. The molecule has 7 heteroatoms. The van der Waals surface area contributed by atoms with Gasteiger partial charge in [0, 0.05) is 65.4 Å². The van der Waals surface area contributed by atoms with Crippen LogP contribution in [0.5, 0.6) is 0 Å². The number of rotatable bonds is 6. The van der Waals surface area contributed by atoms with Crippen LogP contribution in [0.1, 0.15) is 0 Å². The fraction of sp³-hybridized carbons (Fsp3) is 0.0526. The highest BCUT2D eigenvalue weighted by atomic mass is 32.3. The van der Waals surface area contributed by atoms with Crippen molar-refractivity contribution in [2.24, 2.45) is 0 Å². The highest BCUT2D eigenvalue weighted by Crippen LogP contribution is 2.55. The third-order valence-electron chi connectivity index (χ3n) is 13.1. The van der Waals surface area contributed by atoms with E-state index < -0.39 is 10.0 Å². The van der Waals surface area contributed by atoms with Crippen LogP contribution >= 0.6 is 21.4 Å². The Morgan fingerprint density at radius 3 is 1.92 bits per heavy atom. The molecule has 0 N–H and O–H groups in total. The maximum Gasteiger partial charge on any atom is 0.264 e. The maximum atomic E-state index is 6.95. The van der Waals surface area contributed by atoms with Gasteiger partial charge in [-0.05, 0) is 124 Å². The first-order valence-corrected chi connectivity index (χ1v) is 25.5. The van der Waals surface area contributed by atoms with Gasteiger partial charge in [-0.3, -0.25) is 0 Å². The fourth-order valence-electron chi connectivity index (χ4n) is 10.2. The maximum absolute atomic E-state index is 6.95. The van der Waals surface area contributed by atoms with Gasteiger partial charge in [0.15, 0.2) is 5.58 Å². The van der Waals surface area contributed by atoms with Gasteiger partial charge in [-0.25, -0.2) is 10.0 Å². The van der Waals surface area contributed by atoms with E-state index in [1.54, 1.807) is 0 Å². The van der Waals surface area contributed by atoms with Gasteiger partial charge < -0.3 is 19.1 Å². The fourth-order valence-corrected chi connectivity index (χ4v) is 12.5. The topological polar surface area (TPSA) is 22.9 Å². The van der Waals surface area contributed by atoms with E-state index in [9.17, 15) is 0 Å². The van der Waals surface area contributed by atoms with Crippen molar-refractivity contribution in [1.29, 1.82) is 0 Å². The van der Waals surface area contributed by atoms with Gasteiger partial charge in [0.25, 0.3) is 6.71 Å². The second-order valence-corrected chi connectivity index (χ2v) is 22.9. The molecule has 0 bridgehead atoms. The zero-order valence-electron chi connectivity index (χ0n) is 35.7. The third kappa shape index (κ3) is 5.64. The van der Waals surface area contributed by atoms with Crippen molar-refractivity contribution in [2.75, 3.05) is 33.5 Å². The summed E-state index contributed by atoms with van der Waals surface area (Å²) in [6, 6.07) is 73.5. The van der Waals surface area contributed by atoms with Crippen molar-refractivity contribution < 1.29 is 4.42 Å². The minimum Gasteiger partial charge on any atom is -0.454 e. The van der Waals surface area contributed by atoms with Crippen molar-refractivity contribution in [3.63, 3.8) is 0 Å². The molecular formula is C57H42BN3OS2. The molecule has 0 unspecified atom stereocenters. The summed E-state index contributed by atoms with van der Waals surface area (Å²) in [7, 11) is -1.23. The SMILES string of the molecule is CS(C)(C)c1cc2c3c(c1)N(c1cccc4c1oc1ccccc14)c1cc(N(c4ccccc4)c4ccccc4)ccc1B3c1sc3ccccc3c1N2c1ccc2ccccc2c1. The molecule has 2 aliphatic rings. The Morgan fingerprint density at radius 2 is 1.16 bits per heavy atom. The number of furan rings is 1. The predicted octanol–water partition coefficient (Wildman–Crippen LogP) is 14.6. The minimum atomic E-state index is -1.23. The Morgan fingerprint density at radius 1 is 0.500 bits per heavy atom. The largest absolute Gasteiger partial charge is 0.454 e. The van der Waals surface area contributed by atoms with Crippen LogP contribution in [0, 0.1) is 0 Å². The highest BCUT2D eigenvalue weighted by Gasteiger charge is 2.46. The molecule has 0 atom stereocenters. The van der Waals surface area contributed by atoms with Crippen molar-refractivity contribution >= 4 is 138 Å². The molecule has 9 aromatic carbocycles. The van der Waals surface area contributed by atoms with E-state index in [2.05, 4.69) is 234 Å². The molecule has 2 aliphatic heterocycles. The second kappa shape index (κ2) is 14.2. The standard InChI is InChI=1S/C57H42BN3OS2/c1-64(2,3)43-35-50-54-51(36-43)61(48-26-16-25-45-44-23-12-14-27-52(44)62-56(45)48)49-34-42(59(39-19-6-4-7-20-39)40-21-8-5-9-22-40)31-32-47(49)58(54)57-55(46-24-13-15-28-53(46)63-57)60(50)41-30-29-37-17-10-11-18-38(37)33-41/h4-36H,1-3H3. The van der Waals surface area contributed by atoms with Gasteiger partial charge >= 0.3 is 0 Å². The van der Waals surface area contributed by atoms with Gasteiger partial charge in [0.2, 0.25) is 0 Å². The van der Waals surface area contributed by atoms with E-state index >= 15 is 0 Å². The number of anilines is 9. The van der Waals surface area contributed by atoms with E-state index in [1.807, 2.05) is 11.3 Å². The zero-order valence-corrected chi connectivity index (χ0v) is 37.3. The number of hydrogen-bond donors (Lipinski definition) is 0. The van der Waals surface area contributed by atoms with E-state index in [1.165, 1.54) is 64.2 Å². The molecule has 306 valence electrons. The summed E-state index contributed by atoms with van der Waals surface area (Å²) in [6.07, 6.45) is 7.26. The third-order valence-corrected chi connectivity index (χ3v) is 16.0. The Labute approximate surface area is 378 Å². The first-order chi connectivity index (χ1) is 31.4. The van der Waals surface area contributed by atoms with E-state index in [0.29, 0.717) is 0 Å². The molecule has 0 aliphatic carbocycles. The molecule has 0 amide bonds. The lowest BCUT2D eigenvalue weighted by atomic mass is 9.36. The van der Waals surface area contributed by atoms with E-state index in [0.717, 1.165) is 50.4 Å². The molecule has 4 nitrogen and oxygen atoms in total. The molecule has 0 spiro atoms. The lowest BCUT2D eigenvalue weighted by Gasteiger charge is -2.44. The smallest absolute Gasteiger partial charge is 0.264 e. The van der Waals surface area contributed by atoms with Crippen LogP contribution in [-0.4, -0.2) is 25.5 Å². The molecule has 4 heterocycles. The zero-order chi connectivity index (χ0) is 42.7. The van der Waals surface area contributed by atoms with Crippen molar-refractivity contribution in [3.05, 3.63) is 200 Å². The monoisotopic (exact) mass is 859 g/mol. The van der Waals surface area contributed by atoms with Gasteiger partial charge in [-0.2, -0.15) is 0 Å². The summed E-state index contributed by atoms with van der Waals surface area (Å²) < 4.78 is 9.60. The summed E-state index contributed by atoms with van der Waals surface area (Å²) in [4.78, 5) is 8.87. The highest BCUT2D eigenvalue weighted by molar-refractivity contribution is 8.32. The number of thiophene rings is 1. The molecule has 0 saturated carbocycles. The summed E-state index contributed by atoms with van der Waals surface area (Å²) in [6.45, 7) is -0.0183. The van der Waals surface area contributed by atoms with Gasteiger partial charge in [0.05, 0.1) is 11.4 Å². The van der Waals surface area contributed by atoms with Gasteiger partial charge in [0.1, 0.15) is 5.58 Å². The Bertz CT molecular complexity index is 3610. The summed E-state index contributed by atoms with van der Waals surface area (Å²) in [5.41, 5.74) is 14.7. The summed E-state index contributed by atoms with van der Waals surface area (Å²) in [5.74, 6) is 0. The number of nitrogens with zero attached hydrogens (tertiary/aromatic N) is 3. The molecule has 64 heavy (non-hydrogen) atoms. The molecular weight excluding hydrogens is 818 g/mol. The van der Waals surface area contributed by atoms with E-state index in [4.69, 9.17) is 4.42 Å². The van der Waals surface area contributed by atoms with Crippen LogP contribution in [0.3, 0.4) is 0 Å². The van der Waals surface area contributed by atoms with Crippen LogP contribution in [0.2, 0.25) is 0 Å². The number of fused-ring (bicyclic) bond motifs is 10. The van der Waals surface area contributed by atoms with E-state index in [-0.39, 0.29) is 6.71 Å². The van der Waals surface area contributed by atoms with Crippen LogP contribution in [-0.2, 0) is 0 Å². The minimum absolute atomic E-state index is 0.0183. The van der Waals surface area contributed by atoms with Crippen LogP contribution in [0.25, 0.3) is 42.8 Å². The average molecular weight is 860 g/mol. The lowest BCUT2D eigenvalue weighted by molar-refractivity contribution is 0.669. The van der Waals surface area contributed by atoms with Crippen LogP contribution < -0.4 is 30.4 Å². The summed E-state index contributed by atoms with van der Waals surface area (Å²) in [5, 5.41) is 5.98. The Balaban J connectivity index is 1.16. The number of hydrogen-bond acceptors (Lipinski definition) is 5. The predicted molar refractivity (Wildman–Crippen MR) is 279 cm³/mol. The first kappa shape index (κ1) is 37.4. The Hall–Kier alpha value is -7.19. The van der Waals surface area contributed by atoms with Gasteiger partial charge in [-0.1, -0.05) is 121 Å². The quantitative estimate of drug-likeness (QED) is 0.155. The van der Waals surface area contributed by atoms with Crippen molar-refractivity contribution in [3.8, 4) is 0 Å². The van der Waals surface area contributed by atoms with Crippen LogP contribution in [0.15, 0.2) is 210 Å². The number of benzene rings is 9. The lowest BCUT2D eigenvalue weighted by Crippen LogP contribution is -2.60. The van der Waals surface area contributed by atoms with Crippen molar-refractivity contribution in [1.82, 2.24) is 0 Å². The molecule has 13 rings (SSSR count). The molecule has 0 radical (unpaired) electrons. The van der Waals surface area contributed by atoms with Gasteiger partial charge in [-0.15, -0.1) is 11.3 Å². The normalized spacial score (nSPS) is 13.4. The number of para-hydroxylation sites is 4. The summed E-state index contributed by atoms with van der Waals surface area (Å²) >= 11 is 1.94. The molecule has 0 fully saturated rings. The average Bonchev–Trinajstić information content (AvgIpc) is 3.91.